The van der Waals surface area contributed by atoms with Gasteiger partial charge in [0.25, 0.3) is 0 Å². The first-order chi connectivity index (χ1) is 11.7. The van der Waals surface area contributed by atoms with Gasteiger partial charge in [-0.05, 0) is 41.1 Å². The third kappa shape index (κ3) is 2.11. The van der Waals surface area contributed by atoms with Crippen molar-refractivity contribution >= 4 is 32.4 Å². The molecule has 0 spiro atoms. The molecule has 4 heteroatoms. The van der Waals surface area contributed by atoms with Gasteiger partial charge in [0.1, 0.15) is 5.75 Å². The maximum atomic E-state index is 5.44. The number of aromatic nitrogens is 1. The lowest BCUT2D eigenvalue weighted by atomic mass is 10.0. The zero-order valence-electron chi connectivity index (χ0n) is 13.8. The van der Waals surface area contributed by atoms with Crippen molar-refractivity contribution in [2.45, 2.75) is 0 Å². The Bertz CT molecular complexity index is 1070. The van der Waals surface area contributed by atoms with Crippen molar-refractivity contribution in [3.05, 3.63) is 48.7 Å². The van der Waals surface area contributed by atoms with Crippen LogP contribution in [0, 0.1) is 0 Å². The van der Waals surface area contributed by atoms with E-state index < -0.39 is 0 Å². The van der Waals surface area contributed by atoms with Crippen molar-refractivity contribution in [2.24, 2.45) is 0 Å². The van der Waals surface area contributed by atoms with Crippen LogP contribution in [0.5, 0.6) is 17.2 Å². The highest BCUT2D eigenvalue weighted by molar-refractivity contribution is 6.15. The largest absolute Gasteiger partial charge is 0.497 e. The molecule has 0 aliphatic carbocycles. The van der Waals surface area contributed by atoms with Gasteiger partial charge >= 0.3 is 0 Å². The Balaban J connectivity index is 2.09. The Hall–Kier alpha value is -3.01. The molecular formula is C20H17NO3. The van der Waals surface area contributed by atoms with Crippen LogP contribution in [-0.4, -0.2) is 26.3 Å². The quantitative estimate of drug-likeness (QED) is 0.519. The summed E-state index contributed by atoms with van der Waals surface area (Å²) in [6.45, 7) is 0. The van der Waals surface area contributed by atoms with Crippen molar-refractivity contribution in [3.63, 3.8) is 0 Å². The van der Waals surface area contributed by atoms with Crippen molar-refractivity contribution in [3.8, 4) is 17.2 Å². The lowest BCUT2D eigenvalue weighted by Crippen LogP contribution is -1.92. The van der Waals surface area contributed by atoms with E-state index in [1.165, 1.54) is 0 Å². The van der Waals surface area contributed by atoms with E-state index in [0.717, 1.165) is 43.9 Å². The summed E-state index contributed by atoms with van der Waals surface area (Å²) in [4.78, 5) is 4.69. The monoisotopic (exact) mass is 319 g/mol. The molecule has 0 fully saturated rings. The van der Waals surface area contributed by atoms with Crippen LogP contribution in [0.15, 0.2) is 48.7 Å². The minimum Gasteiger partial charge on any atom is -0.497 e. The Morgan fingerprint density at radius 1 is 0.667 bits per heavy atom. The predicted octanol–water partition coefficient (Wildman–Crippen LogP) is 4.57. The summed E-state index contributed by atoms with van der Waals surface area (Å²) in [7, 11) is 4.95. The highest BCUT2D eigenvalue weighted by Crippen LogP contribution is 2.37. The van der Waals surface area contributed by atoms with E-state index in [1.54, 1.807) is 21.3 Å². The minimum atomic E-state index is 0.703. The van der Waals surface area contributed by atoms with Crippen LogP contribution in [0.3, 0.4) is 0 Å². The third-order valence-electron chi connectivity index (χ3n) is 4.38. The maximum Gasteiger partial charge on any atom is 0.161 e. The molecule has 0 saturated carbocycles. The van der Waals surface area contributed by atoms with E-state index >= 15 is 0 Å². The summed E-state index contributed by atoms with van der Waals surface area (Å²) >= 11 is 0. The maximum absolute atomic E-state index is 5.44. The third-order valence-corrected chi connectivity index (χ3v) is 4.38. The molecule has 0 amide bonds. The van der Waals surface area contributed by atoms with E-state index in [1.807, 2.05) is 30.5 Å². The number of pyridine rings is 1. The standard InChI is InChI=1S/C20H17NO3/c1-22-14-5-7-15-13(8-14)11-21-20-16(15)6-4-12-9-18(23-2)19(24-3)10-17(12)20/h4-11H,1-3H3. The molecule has 0 unspecified atom stereocenters. The minimum absolute atomic E-state index is 0.703. The van der Waals surface area contributed by atoms with Crippen molar-refractivity contribution in [2.75, 3.05) is 21.3 Å². The molecule has 0 N–H and O–H groups in total. The molecule has 1 heterocycles. The molecule has 4 aromatic rings. The van der Waals surface area contributed by atoms with Gasteiger partial charge in [-0.25, -0.2) is 0 Å². The number of ether oxygens (including phenoxy) is 3. The van der Waals surface area contributed by atoms with E-state index in [9.17, 15) is 0 Å². The van der Waals surface area contributed by atoms with Crippen molar-refractivity contribution < 1.29 is 14.2 Å². The van der Waals surface area contributed by atoms with Gasteiger partial charge in [-0.3, -0.25) is 4.98 Å². The molecule has 24 heavy (non-hydrogen) atoms. The Morgan fingerprint density at radius 2 is 1.42 bits per heavy atom. The fourth-order valence-corrected chi connectivity index (χ4v) is 3.15. The number of nitrogens with zero attached hydrogens (tertiary/aromatic N) is 1. The van der Waals surface area contributed by atoms with Gasteiger partial charge in [0, 0.05) is 22.4 Å². The van der Waals surface area contributed by atoms with Crippen molar-refractivity contribution in [1.29, 1.82) is 0 Å². The van der Waals surface area contributed by atoms with Gasteiger partial charge in [0.05, 0.1) is 26.8 Å². The molecular weight excluding hydrogens is 302 g/mol. The van der Waals surface area contributed by atoms with Crippen LogP contribution in [0.25, 0.3) is 32.4 Å². The predicted molar refractivity (Wildman–Crippen MR) is 96.4 cm³/mol. The topological polar surface area (TPSA) is 40.6 Å². The first kappa shape index (κ1) is 14.6. The first-order valence-electron chi connectivity index (χ1n) is 7.66. The van der Waals surface area contributed by atoms with Gasteiger partial charge < -0.3 is 14.2 Å². The number of methoxy groups -OCH3 is 3. The molecule has 3 aromatic carbocycles. The van der Waals surface area contributed by atoms with E-state index in [-0.39, 0.29) is 0 Å². The van der Waals surface area contributed by atoms with E-state index in [0.29, 0.717) is 5.75 Å². The molecule has 4 nitrogen and oxygen atoms in total. The summed E-state index contributed by atoms with van der Waals surface area (Å²) < 4.78 is 16.1. The lowest BCUT2D eigenvalue weighted by molar-refractivity contribution is 0.356. The van der Waals surface area contributed by atoms with Crippen LogP contribution in [0.2, 0.25) is 0 Å². The average molecular weight is 319 g/mol. The smallest absolute Gasteiger partial charge is 0.161 e. The molecule has 1 aromatic heterocycles. The number of hydrogen-bond donors (Lipinski definition) is 0. The normalized spacial score (nSPS) is 11.1. The number of benzene rings is 3. The second-order valence-corrected chi connectivity index (χ2v) is 5.60. The van der Waals surface area contributed by atoms with Crippen LogP contribution in [0.1, 0.15) is 0 Å². The highest BCUT2D eigenvalue weighted by Gasteiger charge is 2.11. The molecule has 4 rings (SSSR count). The summed E-state index contributed by atoms with van der Waals surface area (Å²) in [5.41, 5.74) is 0.950. The zero-order valence-corrected chi connectivity index (χ0v) is 13.8. The Labute approximate surface area is 139 Å². The van der Waals surface area contributed by atoms with Crippen LogP contribution in [-0.2, 0) is 0 Å². The summed E-state index contributed by atoms with van der Waals surface area (Å²) in [6, 6.07) is 14.2. The van der Waals surface area contributed by atoms with Gasteiger partial charge in [-0.15, -0.1) is 0 Å². The van der Waals surface area contributed by atoms with E-state index in [2.05, 4.69) is 18.2 Å². The van der Waals surface area contributed by atoms with Crippen LogP contribution >= 0.6 is 0 Å². The second kappa shape index (κ2) is 5.57. The summed E-state index contributed by atoms with van der Waals surface area (Å²) in [6.07, 6.45) is 1.89. The van der Waals surface area contributed by atoms with Gasteiger partial charge in [0.2, 0.25) is 0 Å². The first-order valence-corrected chi connectivity index (χ1v) is 7.66. The molecule has 0 radical (unpaired) electrons. The van der Waals surface area contributed by atoms with Gasteiger partial charge in [-0.2, -0.15) is 0 Å². The zero-order chi connectivity index (χ0) is 16.7. The second-order valence-electron chi connectivity index (χ2n) is 5.60. The Morgan fingerprint density at radius 3 is 2.17 bits per heavy atom. The van der Waals surface area contributed by atoms with E-state index in [4.69, 9.17) is 19.2 Å². The molecule has 0 bridgehead atoms. The molecule has 0 saturated heterocycles. The number of fused-ring (bicyclic) bond motifs is 5. The van der Waals surface area contributed by atoms with Gasteiger partial charge in [-0.1, -0.05) is 12.1 Å². The molecule has 0 aliphatic heterocycles. The molecule has 0 aliphatic rings. The molecule has 120 valence electrons. The Kier molecular flexibility index (Phi) is 3.38. The average Bonchev–Trinajstić information content (AvgIpc) is 2.65. The fourth-order valence-electron chi connectivity index (χ4n) is 3.15. The summed E-state index contributed by atoms with van der Waals surface area (Å²) in [5, 5.41) is 5.43. The van der Waals surface area contributed by atoms with Crippen LogP contribution in [0.4, 0.5) is 0 Å². The SMILES string of the molecule is COc1ccc2c(cnc3c4cc(OC)c(OC)cc4ccc23)c1. The highest BCUT2D eigenvalue weighted by atomic mass is 16.5. The molecule has 0 atom stereocenters. The summed E-state index contributed by atoms with van der Waals surface area (Å²) in [5.74, 6) is 2.25. The van der Waals surface area contributed by atoms with Crippen molar-refractivity contribution in [1.82, 2.24) is 4.98 Å². The fraction of sp³-hybridized carbons (Fsp3) is 0.150. The number of rotatable bonds is 3. The number of hydrogen-bond acceptors (Lipinski definition) is 4. The lowest BCUT2D eigenvalue weighted by Gasteiger charge is -2.12. The van der Waals surface area contributed by atoms with Gasteiger partial charge in [0.15, 0.2) is 11.5 Å². The van der Waals surface area contributed by atoms with Crippen LogP contribution < -0.4 is 14.2 Å².